The van der Waals surface area contributed by atoms with E-state index in [0.29, 0.717) is 0 Å². The van der Waals surface area contributed by atoms with Gasteiger partial charge in [0.05, 0.1) is 0 Å². The van der Waals surface area contributed by atoms with E-state index in [9.17, 15) is 0 Å². The fourth-order valence-corrected chi connectivity index (χ4v) is 4.05. The van der Waals surface area contributed by atoms with Crippen molar-refractivity contribution in [3.63, 3.8) is 0 Å². The van der Waals surface area contributed by atoms with Crippen molar-refractivity contribution in [2.24, 2.45) is 5.92 Å². The highest BCUT2D eigenvalue weighted by molar-refractivity contribution is 5.72. The lowest BCUT2D eigenvalue weighted by Crippen LogP contribution is -2.27. The number of hydrogen-bond donors (Lipinski definition) is 0. The Kier molecular flexibility index (Phi) is 6.19. The van der Waals surface area contributed by atoms with Gasteiger partial charge >= 0.3 is 0 Å². The quantitative estimate of drug-likeness (QED) is 0.529. The zero-order chi connectivity index (χ0) is 18.5. The Morgan fingerprint density at radius 1 is 1.04 bits per heavy atom. The standard InChI is InChI=1S/C25H33N/c1-5-21-12-15-24(16-13-21)26(18-22-9-7-6-8-10-22)25-17-23(19(2)3)14-11-20(25)4/h11-17,22H,2,5-10,18H2,1,3-4H3. The molecule has 1 heteroatoms. The first-order valence-corrected chi connectivity index (χ1v) is 10.2. The molecule has 0 aliphatic heterocycles. The van der Waals surface area contributed by atoms with Gasteiger partial charge in [0.2, 0.25) is 0 Å². The van der Waals surface area contributed by atoms with Crippen molar-refractivity contribution >= 4 is 16.9 Å². The summed E-state index contributed by atoms with van der Waals surface area (Å²) in [5.74, 6) is 0.794. The van der Waals surface area contributed by atoms with Crippen LogP contribution in [-0.4, -0.2) is 6.54 Å². The number of aryl methyl sites for hydroxylation is 2. The molecule has 0 atom stereocenters. The Morgan fingerprint density at radius 3 is 2.35 bits per heavy atom. The molecule has 2 aromatic carbocycles. The summed E-state index contributed by atoms with van der Waals surface area (Å²) >= 11 is 0. The lowest BCUT2D eigenvalue weighted by molar-refractivity contribution is 0.365. The van der Waals surface area contributed by atoms with Crippen LogP contribution in [0, 0.1) is 12.8 Å². The highest BCUT2D eigenvalue weighted by Gasteiger charge is 2.20. The maximum atomic E-state index is 4.15. The minimum atomic E-state index is 0.794. The SMILES string of the molecule is C=C(C)c1ccc(C)c(N(CC2CCCCC2)c2ccc(CC)cc2)c1. The van der Waals surface area contributed by atoms with Crippen LogP contribution >= 0.6 is 0 Å². The fraction of sp³-hybridized carbons (Fsp3) is 0.440. The highest BCUT2D eigenvalue weighted by atomic mass is 15.1. The molecule has 0 aromatic heterocycles. The third-order valence-electron chi connectivity index (χ3n) is 5.81. The molecule has 2 aromatic rings. The summed E-state index contributed by atoms with van der Waals surface area (Å²) in [7, 11) is 0. The number of nitrogens with zero attached hydrogens (tertiary/aromatic N) is 1. The second kappa shape index (κ2) is 8.58. The molecule has 138 valence electrons. The first-order chi connectivity index (χ1) is 12.6. The number of rotatable bonds is 6. The zero-order valence-electron chi connectivity index (χ0n) is 16.7. The van der Waals surface area contributed by atoms with Crippen molar-refractivity contribution in [3.05, 3.63) is 65.7 Å². The Morgan fingerprint density at radius 2 is 1.73 bits per heavy atom. The molecule has 1 saturated carbocycles. The van der Waals surface area contributed by atoms with E-state index in [0.717, 1.165) is 24.5 Å². The van der Waals surface area contributed by atoms with Gasteiger partial charge in [0.25, 0.3) is 0 Å². The van der Waals surface area contributed by atoms with E-state index in [-0.39, 0.29) is 0 Å². The Bertz CT molecular complexity index is 735. The molecule has 0 spiro atoms. The fourth-order valence-electron chi connectivity index (χ4n) is 4.05. The highest BCUT2D eigenvalue weighted by Crippen LogP contribution is 2.34. The smallest absolute Gasteiger partial charge is 0.0446 e. The van der Waals surface area contributed by atoms with E-state index < -0.39 is 0 Å². The molecule has 1 fully saturated rings. The molecular weight excluding hydrogens is 314 g/mol. The van der Waals surface area contributed by atoms with Crippen LogP contribution in [-0.2, 0) is 6.42 Å². The molecule has 0 heterocycles. The van der Waals surface area contributed by atoms with E-state index in [4.69, 9.17) is 0 Å². The third kappa shape index (κ3) is 4.38. The van der Waals surface area contributed by atoms with Crippen LogP contribution in [0.25, 0.3) is 5.57 Å². The van der Waals surface area contributed by atoms with Crippen LogP contribution < -0.4 is 4.90 Å². The van der Waals surface area contributed by atoms with Crippen LogP contribution in [0.15, 0.2) is 49.0 Å². The summed E-state index contributed by atoms with van der Waals surface area (Å²) in [6, 6.07) is 15.9. The van der Waals surface area contributed by atoms with Gasteiger partial charge in [-0.25, -0.2) is 0 Å². The molecule has 0 radical (unpaired) electrons. The maximum Gasteiger partial charge on any atom is 0.0446 e. The molecule has 0 unspecified atom stereocenters. The number of anilines is 2. The number of allylic oxidation sites excluding steroid dienone is 1. The predicted molar refractivity (Wildman–Crippen MR) is 115 cm³/mol. The molecule has 0 amide bonds. The Labute approximate surface area is 159 Å². The summed E-state index contributed by atoms with van der Waals surface area (Å²) in [5.41, 5.74) is 7.76. The van der Waals surface area contributed by atoms with Crippen molar-refractivity contribution in [2.75, 3.05) is 11.4 Å². The molecule has 1 aliphatic rings. The van der Waals surface area contributed by atoms with Gasteiger partial charge in [-0.3, -0.25) is 0 Å². The van der Waals surface area contributed by atoms with Crippen LogP contribution in [0.4, 0.5) is 11.4 Å². The van der Waals surface area contributed by atoms with Crippen molar-refractivity contribution in [3.8, 4) is 0 Å². The third-order valence-corrected chi connectivity index (χ3v) is 5.81. The summed E-state index contributed by atoms with van der Waals surface area (Å²) in [6.45, 7) is 11.8. The second-order valence-electron chi connectivity index (χ2n) is 7.92. The average Bonchev–Trinajstić information content (AvgIpc) is 2.67. The topological polar surface area (TPSA) is 3.24 Å². The van der Waals surface area contributed by atoms with Crippen LogP contribution in [0.2, 0.25) is 0 Å². The molecule has 0 bridgehead atoms. The minimum Gasteiger partial charge on any atom is -0.341 e. The molecule has 1 aliphatic carbocycles. The van der Waals surface area contributed by atoms with Gasteiger partial charge in [0.1, 0.15) is 0 Å². The van der Waals surface area contributed by atoms with Crippen LogP contribution in [0.3, 0.4) is 0 Å². The maximum absolute atomic E-state index is 4.15. The normalized spacial score (nSPS) is 15.0. The van der Waals surface area contributed by atoms with Gasteiger partial charge in [-0.15, -0.1) is 0 Å². The lowest BCUT2D eigenvalue weighted by Gasteiger charge is -2.33. The van der Waals surface area contributed by atoms with Gasteiger partial charge in [0, 0.05) is 17.9 Å². The number of benzene rings is 2. The van der Waals surface area contributed by atoms with Gasteiger partial charge < -0.3 is 4.90 Å². The van der Waals surface area contributed by atoms with Crippen molar-refractivity contribution in [1.82, 2.24) is 0 Å². The zero-order valence-corrected chi connectivity index (χ0v) is 16.7. The molecule has 0 N–H and O–H groups in total. The molecule has 1 nitrogen and oxygen atoms in total. The molecular formula is C25H33N. The molecule has 26 heavy (non-hydrogen) atoms. The predicted octanol–water partition coefficient (Wildman–Crippen LogP) is 7.31. The van der Waals surface area contributed by atoms with E-state index in [1.165, 1.54) is 60.2 Å². The summed E-state index contributed by atoms with van der Waals surface area (Å²) < 4.78 is 0. The Balaban J connectivity index is 1.98. The average molecular weight is 348 g/mol. The largest absolute Gasteiger partial charge is 0.341 e. The molecule has 0 saturated heterocycles. The molecule has 3 rings (SSSR count). The van der Waals surface area contributed by atoms with Crippen molar-refractivity contribution < 1.29 is 0 Å². The van der Waals surface area contributed by atoms with Gasteiger partial charge in [-0.2, -0.15) is 0 Å². The second-order valence-corrected chi connectivity index (χ2v) is 7.92. The Hall–Kier alpha value is -2.02. The lowest BCUT2D eigenvalue weighted by atomic mass is 9.88. The van der Waals surface area contributed by atoms with E-state index >= 15 is 0 Å². The summed E-state index contributed by atoms with van der Waals surface area (Å²) in [6.07, 6.45) is 8.00. The van der Waals surface area contributed by atoms with E-state index in [1.54, 1.807) is 0 Å². The van der Waals surface area contributed by atoms with Gasteiger partial charge in [0.15, 0.2) is 0 Å². The van der Waals surface area contributed by atoms with Crippen LogP contribution in [0.1, 0.15) is 62.6 Å². The van der Waals surface area contributed by atoms with Gasteiger partial charge in [-0.1, -0.05) is 62.6 Å². The van der Waals surface area contributed by atoms with Gasteiger partial charge in [-0.05, 0) is 73.9 Å². The van der Waals surface area contributed by atoms with E-state index in [1.807, 2.05) is 0 Å². The number of hydrogen-bond acceptors (Lipinski definition) is 1. The van der Waals surface area contributed by atoms with Crippen molar-refractivity contribution in [1.29, 1.82) is 0 Å². The van der Waals surface area contributed by atoms with E-state index in [2.05, 4.69) is 74.7 Å². The van der Waals surface area contributed by atoms with Crippen LogP contribution in [0.5, 0.6) is 0 Å². The summed E-state index contributed by atoms with van der Waals surface area (Å²) in [4.78, 5) is 2.55. The monoisotopic (exact) mass is 347 g/mol. The first kappa shape index (κ1) is 18.8. The first-order valence-electron chi connectivity index (χ1n) is 10.2. The minimum absolute atomic E-state index is 0.794. The van der Waals surface area contributed by atoms with Crippen molar-refractivity contribution in [2.45, 2.75) is 59.3 Å². The summed E-state index contributed by atoms with van der Waals surface area (Å²) in [5, 5.41) is 0.